The van der Waals surface area contributed by atoms with Crippen molar-refractivity contribution in [3.63, 3.8) is 0 Å². The first-order valence-electron chi connectivity index (χ1n) is 6.34. The lowest BCUT2D eigenvalue weighted by Crippen LogP contribution is -2.46. The Balaban J connectivity index is 2.09. The van der Waals surface area contributed by atoms with Crippen molar-refractivity contribution in [2.75, 3.05) is 32.8 Å². The number of hydrogen-bond donors (Lipinski definition) is 1. The van der Waals surface area contributed by atoms with E-state index in [9.17, 15) is 4.79 Å². The molecule has 1 unspecified atom stereocenters. The van der Waals surface area contributed by atoms with Gasteiger partial charge in [-0.3, -0.25) is 4.79 Å². The molecular formula is C12H24N2O2. The third kappa shape index (κ3) is 4.94. The highest BCUT2D eigenvalue weighted by Crippen LogP contribution is 2.03. The number of amides is 1. The molecule has 1 amide bonds. The molecule has 0 aliphatic carbocycles. The fourth-order valence-electron chi connectivity index (χ4n) is 1.91. The lowest BCUT2D eigenvalue weighted by atomic mass is 10.2. The summed E-state index contributed by atoms with van der Waals surface area (Å²) in [6, 6.07) is 0. The third-order valence-corrected chi connectivity index (χ3v) is 2.88. The van der Waals surface area contributed by atoms with Gasteiger partial charge in [-0.15, -0.1) is 0 Å². The molecule has 1 N–H and O–H groups in total. The van der Waals surface area contributed by atoms with Crippen molar-refractivity contribution in [2.24, 2.45) is 0 Å². The molecule has 0 saturated carbocycles. The summed E-state index contributed by atoms with van der Waals surface area (Å²) in [6.07, 6.45) is 3.00. The normalized spacial score (nSPS) is 18.5. The molecule has 0 aromatic rings. The molecule has 1 aliphatic rings. The van der Waals surface area contributed by atoms with Gasteiger partial charge in [-0.1, -0.05) is 13.3 Å². The van der Waals surface area contributed by atoms with Crippen LogP contribution in [0.3, 0.4) is 0 Å². The number of carbonyl (C=O) groups excluding carboxylic acids is 1. The van der Waals surface area contributed by atoms with E-state index < -0.39 is 0 Å². The second-order valence-electron chi connectivity index (χ2n) is 4.35. The van der Waals surface area contributed by atoms with Crippen LogP contribution in [0.25, 0.3) is 0 Å². The van der Waals surface area contributed by atoms with E-state index in [0.717, 1.165) is 39.0 Å². The molecule has 0 bridgehead atoms. The Morgan fingerprint density at radius 1 is 1.44 bits per heavy atom. The van der Waals surface area contributed by atoms with Gasteiger partial charge < -0.3 is 15.0 Å². The van der Waals surface area contributed by atoms with Gasteiger partial charge in [-0.2, -0.15) is 0 Å². The molecule has 1 saturated heterocycles. The van der Waals surface area contributed by atoms with E-state index in [1.165, 1.54) is 0 Å². The second-order valence-corrected chi connectivity index (χ2v) is 4.35. The van der Waals surface area contributed by atoms with Gasteiger partial charge in [0.1, 0.15) is 0 Å². The third-order valence-electron chi connectivity index (χ3n) is 2.88. The van der Waals surface area contributed by atoms with Gasteiger partial charge in [-0.05, 0) is 13.3 Å². The van der Waals surface area contributed by atoms with Gasteiger partial charge in [0.05, 0.1) is 19.1 Å². The quantitative estimate of drug-likeness (QED) is 0.738. The summed E-state index contributed by atoms with van der Waals surface area (Å²) in [6.45, 7) is 8.28. The minimum atomic E-state index is 0.227. The summed E-state index contributed by atoms with van der Waals surface area (Å²) >= 11 is 0. The summed E-state index contributed by atoms with van der Waals surface area (Å²) in [5.74, 6) is 0.227. The molecular weight excluding hydrogens is 204 g/mol. The molecule has 0 radical (unpaired) electrons. The van der Waals surface area contributed by atoms with E-state index in [2.05, 4.69) is 19.2 Å². The van der Waals surface area contributed by atoms with Crippen molar-refractivity contribution >= 4 is 5.91 Å². The first kappa shape index (κ1) is 13.5. The molecule has 1 atom stereocenters. The first-order chi connectivity index (χ1) is 7.74. The lowest BCUT2D eigenvalue weighted by molar-refractivity contribution is -0.133. The summed E-state index contributed by atoms with van der Waals surface area (Å²) < 4.78 is 5.58. The SMILES string of the molecule is CCCC(C)OCCC(=O)N1CCNCC1. The Labute approximate surface area is 98.3 Å². The monoisotopic (exact) mass is 228 g/mol. The molecule has 0 aromatic heterocycles. The molecule has 1 rings (SSSR count). The van der Waals surface area contributed by atoms with Gasteiger partial charge >= 0.3 is 0 Å². The fourth-order valence-corrected chi connectivity index (χ4v) is 1.91. The number of carbonyl (C=O) groups is 1. The highest BCUT2D eigenvalue weighted by Gasteiger charge is 2.15. The van der Waals surface area contributed by atoms with Gasteiger partial charge in [0.2, 0.25) is 5.91 Å². The molecule has 1 aliphatic heterocycles. The zero-order chi connectivity index (χ0) is 11.8. The molecule has 0 aromatic carbocycles. The van der Waals surface area contributed by atoms with E-state index in [0.29, 0.717) is 13.0 Å². The summed E-state index contributed by atoms with van der Waals surface area (Å²) in [5, 5.41) is 3.24. The largest absolute Gasteiger partial charge is 0.378 e. The Hall–Kier alpha value is -0.610. The van der Waals surface area contributed by atoms with Crippen LogP contribution in [0, 0.1) is 0 Å². The van der Waals surface area contributed by atoms with Gasteiger partial charge in [-0.25, -0.2) is 0 Å². The van der Waals surface area contributed by atoms with Gasteiger partial charge in [0.15, 0.2) is 0 Å². The van der Waals surface area contributed by atoms with Crippen molar-refractivity contribution in [3.05, 3.63) is 0 Å². The molecule has 4 heteroatoms. The van der Waals surface area contributed by atoms with E-state index in [-0.39, 0.29) is 12.0 Å². The molecule has 16 heavy (non-hydrogen) atoms. The van der Waals surface area contributed by atoms with Crippen LogP contribution < -0.4 is 5.32 Å². The van der Waals surface area contributed by atoms with Gasteiger partial charge in [0.25, 0.3) is 0 Å². The van der Waals surface area contributed by atoms with Gasteiger partial charge in [0, 0.05) is 26.2 Å². The fraction of sp³-hybridized carbons (Fsp3) is 0.917. The number of nitrogens with zero attached hydrogens (tertiary/aromatic N) is 1. The summed E-state index contributed by atoms with van der Waals surface area (Å²) in [5.41, 5.74) is 0. The Morgan fingerprint density at radius 3 is 2.75 bits per heavy atom. The van der Waals surface area contributed by atoms with E-state index in [1.54, 1.807) is 0 Å². The highest BCUT2D eigenvalue weighted by molar-refractivity contribution is 5.76. The summed E-state index contributed by atoms with van der Waals surface area (Å²) in [7, 11) is 0. The zero-order valence-corrected chi connectivity index (χ0v) is 10.5. The summed E-state index contributed by atoms with van der Waals surface area (Å²) in [4.78, 5) is 13.7. The van der Waals surface area contributed by atoms with Crippen molar-refractivity contribution in [1.82, 2.24) is 10.2 Å². The number of hydrogen-bond acceptors (Lipinski definition) is 3. The zero-order valence-electron chi connectivity index (χ0n) is 10.5. The van der Waals surface area contributed by atoms with Crippen LogP contribution in [-0.2, 0) is 9.53 Å². The van der Waals surface area contributed by atoms with Crippen molar-refractivity contribution in [3.8, 4) is 0 Å². The highest BCUT2D eigenvalue weighted by atomic mass is 16.5. The van der Waals surface area contributed by atoms with Crippen LogP contribution in [0.15, 0.2) is 0 Å². The van der Waals surface area contributed by atoms with Crippen LogP contribution in [0.2, 0.25) is 0 Å². The maximum absolute atomic E-state index is 11.8. The van der Waals surface area contributed by atoms with Crippen LogP contribution in [0.5, 0.6) is 0 Å². The van der Waals surface area contributed by atoms with Crippen LogP contribution >= 0.6 is 0 Å². The smallest absolute Gasteiger partial charge is 0.224 e. The average molecular weight is 228 g/mol. The molecule has 0 spiro atoms. The van der Waals surface area contributed by atoms with E-state index in [1.807, 2.05) is 4.90 Å². The topological polar surface area (TPSA) is 41.6 Å². The lowest BCUT2D eigenvalue weighted by Gasteiger charge is -2.27. The number of piperazine rings is 1. The first-order valence-corrected chi connectivity index (χ1v) is 6.34. The molecule has 94 valence electrons. The van der Waals surface area contributed by atoms with E-state index in [4.69, 9.17) is 4.74 Å². The number of ether oxygens (including phenoxy) is 1. The minimum Gasteiger partial charge on any atom is -0.378 e. The Bertz CT molecular complexity index is 203. The van der Waals surface area contributed by atoms with Crippen molar-refractivity contribution in [2.45, 2.75) is 39.2 Å². The molecule has 1 heterocycles. The second kappa shape index (κ2) is 7.63. The van der Waals surface area contributed by atoms with Crippen LogP contribution in [-0.4, -0.2) is 49.7 Å². The Morgan fingerprint density at radius 2 is 2.12 bits per heavy atom. The van der Waals surface area contributed by atoms with Crippen LogP contribution in [0.1, 0.15) is 33.1 Å². The molecule has 4 nitrogen and oxygen atoms in total. The standard InChI is InChI=1S/C12H24N2O2/c1-3-4-11(2)16-10-5-12(15)14-8-6-13-7-9-14/h11,13H,3-10H2,1-2H3. The number of rotatable bonds is 6. The predicted octanol–water partition coefficient (Wildman–Crippen LogP) is 1.01. The minimum absolute atomic E-state index is 0.227. The van der Waals surface area contributed by atoms with E-state index >= 15 is 0 Å². The van der Waals surface area contributed by atoms with Crippen LogP contribution in [0.4, 0.5) is 0 Å². The predicted molar refractivity (Wildman–Crippen MR) is 64.4 cm³/mol. The van der Waals surface area contributed by atoms with Crippen molar-refractivity contribution < 1.29 is 9.53 Å². The average Bonchev–Trinajstić information content (AvgIpc) is 2.30. The molecule has 1 fully saturated rings. The van der Waals surface area contributed by atoms with Crippen molar-refractivity contribution in [1.29, 1.82) is 0 Å². The number of nitrogens with one attached hydrogen (secondary N) is 1. The maximum atomic E-state index is 11.8. The maximum Gasteiger partial charge on any atom is 0.224 e. The Kier molecular flexibility index (Phi) is 6.42.